The largest absolute Gasteiger partial charge is 0.483 e. The van der Waals surface area contributed by atoms with Gasteiger partial charge in [-0.3, -0.25) is 9.59 Å². The Labute approximate surface area is 167 Å². The zero-order valence-electron chi connectivity index (χ0n) is 17.6. The lowest BCUT2D eigenvalue weighted by Gasteiger charge is -2.19. The average molecular weight is 383 g/mol. The first-order valence-electron chi connectivity index (χ1n) is 9.52. The second-order valence-electron chi connectivity index (χ2n) is 7.55. The van der Waals surface area contributed by atoms with Crippen molar-refractivity contribution in [2.24, 2.45) is 0 Å². The van der Waals surface area contributed by atoms with Gasteiger partial charge in [-0.05, 0) is 49.4 Å². The molecule has 5 nitrogen and oxygen atoms in total. The Kier molecular flexibility index (Phi) is 7.21. The number of carbonyl (C=O) groups is 2. The van der Waals surface area contributed by atoms with E-state index in [4.69, 9.17) is 4.74 Å². The Morgan fingerprint density at radius 3 is 2.29 bits per heavy atom. The number of nitrogens with one attached hydrogen (secondary N) is 1. The minimum Gasteiger partial charge on any atom is -0.483 e. The van der Waals surface area contributed by atoms with Crippen LogP contribution in [-0.4, -0.2) is 36.9 Å². The standard InChI is InChI=1S/C23H30N2O3/c1-15(2)19-9-7-8-10-20(19)28-14-22(27)25(6)13-21(26)24-23-17(4)11-16(3)12-18(23)5/h7-12,15H,13-14H2,1-6H3,(H,24,26). The van der Waals surface area contributed by atoms with Gasteiger partial charge in [0, 0.05) is 12.7 Å². The van der Waals surface area contributed by atoms with Crippen molar-refractivity contribution in [2.45, 2.75) is 40.5 Å². The monoisotopic (exact) mass is 382 g/mol. The summed E-state index contributed by atoms with van der Waals surface area (Å²) in [6, 6.07) is 11.7. The number of ether oxygens (including phenoxy) is 1. The van der Waals surface area contributed by atoms with Crippen LogP contribution in [-0.2, 0) is 9.59 Å². The summed E-state index contributed by atoms with van der Waals surface area (Å²) in [7, 11) is 1.61. The van der Waals surface area contributed by atoms with Gasteiger partial charge in [-0.25, -0.2) is 0 Å². The van der Waals surface area contributed by atoms with Crippen LogP contribution in [0.5, 0.6) is 5.75 Å². The SMILES string of the molecule is Cc1cc(C)c(NC(=O)CN(C)C(=O)COc2ccccc2C(C)C)c(C)c1. The fourth-order valence-corrected chi connectivity index (χ4v) is 3.20. The molecule has 0 spiro atoms. The number of aryl methyl sites for hydroxylation is 3. The highest BCUT2D eigenvalue weighted by Gasteiger charge is 2.16. The van der Waals surface area contributed by atoms with E-state index in [9.17, 15) is 9.59 Å². The van der Waals surface area contributed by atoms with Crippen molar-refractivity contribution < 1.29 is 14.3 Å². The molecule has 0 atom stereocenters. The molecule has 2 aromatic carbocycles. The van der Waals surface area contributed by atoms with Gasteiger partial charge in [0.05, 0.1) is 6.54 Å². The predicted molar refractivity (Wildman–Crippen MR) is 113 cm³/mol. The average Bonchev–Trinajstić information content (AvgIpc) is 2.62. The highest BCUT2D eigenvalue weighted by Crippen LogP contribution is 2.26. The topological polar surface area (TPSA) is 58.6 Å². The van der Waals surface area contributed by atoms with Crippen LogP contribution < -0.4 is 10.1 Å². The van der Waals surface area contributed by atoms with Crippen molar-refractivity contribution in [3.8, 4) is 5.75 Å². The van der Waals surface area contributed by atoms with Gasteiger partial charge >= 0.3 is 0 Å². The van der Waals surface area contributed by atoms with Gasteiger partial charge in [-0.1, -0.05) is 49.7 Å². The van der Waals surface area contributed by atoms with Crippen molar-refractivity contribution in [1.82, 2.24) is 4.90 Å². The summed E-state index contributed by atoms with van der Waals surface area (Å²) in [6.07, 6.45) is 0. The number of anilines is 1. The van der Waals surface area contributed by atoms with Crippen molar-refractivity contribution in [3.63, 3.8) is 0 Å². The molecule has 0 aromatic heterocycles. The van der Waals surface area contributed by atoms with Crippen LogP contribution in [0.1, 0.15) is 42.0 Å². The minimum absolute atomic E-state index is 0.0270. The summed E-state index contributed by atoms with van der Waals surface area (Å²) in [5, 5.41) is 2.92. The molecule has 0 heterocycles. The zero-order chi connectivity index (χ0) is 20.8. The molecule has 28 heavy (non-hydrogen) atoms. The molecule has 0 saturated carbocycles. The fourth-order valence-electron chi connectivity index (χ4n) is 3.20. The van der Waals surface area contributed by atoms with Crippen LogP contribution in [0, 0.1) is 20.8 Å². The molecule has 150 valence electrons. The Balaban J connectivity index is 1.93. The van der Waals surface area contributed by atoms with E-state index in [1.807, 2.05) is 57.2 Å². The first kappa shape index (κ1) is 21.5. The number of hydrogen-bond acceptors (Lipinski definition) is 3. The summed E-state index contributed by atoms with van der Waals surface area (Å²) in [4.78, 5) is 26.2. The Morgan fingerprint density at radius 1 is 1.07 bits per heavy atom. The molecular formula is C23H30N2O3. The molecule has 0 fully saturated rings. The quantitative estimate of drug-likeness (QED) is 0.780. The molecule has 0 aliphatic rings. The molecule has 0 aliphatic heterocycles. The summed E-state index contributed by atoms with van der Waals surface area (Å²) in [5.74, 6) is 0.532. The number of rotatable bonds is 7. The van der Waals surface area contributed by atoms with Gasteiger partial charge in [0.25, 0.3) is 5.91 Å². The Morgan fingerprint density at radius 2 is 1.68 bits per heavy atom. The van der Waals surface area contributed by atoms with Crippen molar-refractivity contribution in [2.75, 3.05) is 25.5 Å². The number of para-hydroxylation sites is 1. The van der Waals surface area contributed by atoms with E-state index in [1.165, 1.54) is 4.90 Å². The van der Waals surface area contributed by atoms with Gasteiger partial charge in [-0.2, -0.15) is 0 Å². The lowest BCUT2D eigenvalue weighted by Crippen LogP contribution is -2.37. The first-order valence-corrected chi connectivity index (χ1v) is 9.52. The zero-order valence-corrected chi connectivity index (χ0v) is 17.6. The first-order chi connectivity index (χ1) is 13.2. The molecule has 5 heteroatoms. The number of hydrogen-bond donors (Lipinski definition) is 1. The molecule has 2 rings (SSSR count). The molecule has 0 saturated heterocycles. The van der Waals surface area contributed by atoms with E-state index >= 15 is 0 Å². The van der Waals surface area contributed by atoms with Crippen LogP contribution in [0.25, 0.3) is 0 Å². The van der Waals surface area contributed by atoms with E-state index in [1.54, 1.807) is 7.05 Å². The van der Waals surface area contributed by atoms with E-state index < -0.39 is 0 Å². The summed E-state index contributed by atoms with van der Waals surface area (Å²) >= 11 is 0. The third-order valence-electron chi connectivity index (χ3n) is 4.64. The molecule has 1 N–H and O–H groups in total. The second-order valence-corrected chi connectivity index (χ2v) is 7.55. The number of amides is 2. The van der Waals surface area contributed by atoms with Gasteiger partial charge in [0.1, 0.15) is 5.75 Å². The maximum absolute atomic E-state index is 12.4. The third kappa shape index (κ3) is 5.59. The van der Waals surface area contributed by atoms with Gasteiger partial charge in [0.2, 0.25) is 5.91 Å². The van der Waals surface area contributed by atoms with Gasteiger partial charge in [-0.15, -0.1) is 0 Å². The molecule has 2 amide bonds. The van der Waals surface area contributed by atoms with E-state index in [0.29, 0.717) is 11.7 Å². The normalized spacial score (nSPS) is 10.7. The van der Waals surface area contributed by atoms with E-state index in [-0.39, 0.29) is 25.0 Å². The van der Waals surface area contributed by atoms with E-state index in [0.717, 1.165) is 27.9 Å². The highest BCUT2D eigenvalue weighted by molar-refractivity contribution is 5.95. The highest BCUT2D eigenvalue weighted by atomic mass is 16.5. The number of likely N-dealkylation sites (N-methyl/N-ethyl adjacent to an activating group) is 1. The smallest absolute Gasteiger partial charge is 0.260 e. The lowest BCUT2D eigenvalue weighted by atomic mass is 10.0. The summed E-state index contributed by atoms with van der Waals surface area (Å²) in [5.41, 5.74) is 5.03. The molecular weight excluding hydrogens is 352 g/mol. The summed E-state index contributed by atoms with van der Waals surface area (Å²) < 4.78 is 5.71. The van der Waals surface area contributed by atoms with Crippen molar-refractivity contribution in [3.05, 3.63) is 58.7 Å². The molecule has 0 aliphatic carbocycles. The number of benzene rings is 2. The molecule has 2 aromatic rings. The maximum atomic E-state index is 12.4. The summed E-state index contributed by atoms with van der Waals surface area (Å²) in [6.45, 7) is 9.98. The Hall–Kier alpha value is -2.82. The van der Waals surface area contributed by atoms with Crippen molar-refractivity contribution in [1.29, 1.82) is 0 Å². The van der Waals surface area contributed by atoms with Crippen LogP contribution in [0.2, 0.25) is 0 Å². The predicted octanol–water partition coefficient (Wildman–Crippen LogP) is 4.21. The van der Waals surface area contributed by atoms with E-state index in [2.05, 4.69) is 19.2 Å². The maximum Gasteiger partial charge on any atom is 0.260 e. The number of carbonyl (C=O) groups excluding carboxylic acids is 2. The number of nitrogens with zero attached hydrogens (tertiary/aromatic N) is 1. The third-order valence-corrected chi connectivity index (χ3v) is 4.64. The van der Waals surface area contributed by atoms with Crippen molar-refractivity contribution >= 4 is 17.5 Å². The van der Waals surface area contributed by atoms with Crippen LogP contribution in [0.4, 0.5) is 5.69 Å². The fraction of sp³-hybridized carbons (Fsp3) is 0.391. The Bertz CT molecular complexity index is 836. The minimum atomic E-state index is -0.244. The van der Waals surface area contributed by atoms with Crippen LogP contribution in [0.15, 0.2) is 36.4 Å². The van der Waals surface area contributed by atoms with Gasteiger partial charge < -0.3 is 15.0 Å². The molecule has 0 bridgehead atoms. The van der Waals surface area contributed by atoms with Gasteiger partial charge in [0.15, 0.2) is 6.61 Å². The second kappa shape index (κ2) is 9.40. The lowest BCUT2D eigenvalue weighted by molar-refractivity contribution is -0.135. The van der Waals surface area contributed by atoms with Crippen LogP contribution in [0.3, 0.4) is 0 Å². The molecule has 0 unspecified atom stereocenters. The molecule has 0 radical (unpaired) electrons. The van der Waals surface area contributed by atoms with Crippen LogP contribution >= 0.6 is 0 Å².